The highest BCUT2D eigenvalue weighted by Crippen LogP contribution is 2.53. The molecular formula is C18H12N2O3S3. The number of thiazole rings is 1. The Morgan fingerprint density at radius 3 is 2.50 bits per heavy atom. The fourth-order valence-electron chi connectivity index (χ4n) is 3.62. The number of rotatable bonds is 2. The zero-order chi connectivity index (χ0) is 17.8. The molecule has 0 spiro atoms. The summed E-state index contributed by atoms with van der Waals surface area (Å²) in [6, 6.07) is 12.9. The Labute approximate surface area is 160 Å². The summed E-state index contributed by atoms with van der Waals surface area (Å²) in [6.07, 6.45) is 0. The van der Waals surface area contributed by atoms with Gasteiger partial charge in [-0.25, -0.2) is 4.90 Å². The number of carbonyl (C=O) groups is 2. The number of hydrogen-bond donors (Lipinski definition) is 1. The van der Waals surface area contributed by atoms with Crippen molar-refractivity contribution in [2.75, 3.05) is 4.90 Å². The van der Waals surface area contributed by atoms with E-state index < -0.39 is 11.2 Å². The number of nitrogens with zero attached hydrogens (tertiary/aromatic N) is 1. The summed E-state index contributed by atoms with van der Waals surface area (Å²) in [6.45, 7) is 0. The van der Waals surface area contributed by atoms with E-state index in [9.17, 15) is 14.4 Å². The Balaban J connectivity index is 1.66. The van der Waals surface area contributed by atoms with Crippen LogP contribution in [0.4, 0.5) is 5.69 Å². The van der Waals surface area contributed by atoms with Crippen LogP contribution in [0.5, 0.6) is 0 Å². The van der Waals surface area contributed by atoms with Crippen molar-refractivity contribution in [3.05, 3.63) is 67.3 Å². The topological polar surface area (TPSA) is 70.2 Å². The van der Waals surface area contributed by atoms with Crippen LogP contribution in [0.2, 0.25) is 0 Å². The third-order valence-electron chi connectivity index (χ3n) is 4.69. The lowest BCUT2D eigenvalue weighted by Gasteiger charge is -2.28. The number of carbonyl (C=O) groups excluding carboxylic acids is 2. The van der Waals surface area contributed by atoms with Crippen molar-refractivity contribution >= 4 is 51.9 Å². The van der Waals surface area contributed by atoms with Crippen molar-refractivity contribution in [2.24, 2.45) is 5.92 Å². The molecule has 4 heterocycles. The first kappa shape index (κ1) is 16.0. The molecule has 26 heavy (non-hydrogen) atoms. The maximum Gasteiger partial charge on any atom is 0.305 e. The van der Waals surface area contributed by atoms with Crippen LogP contribution in [0.15, 0.2) is 57.7 Å². The fraction of sp³-hybridized carbons (Fsp3) is 0.167. The monoisotopic (exact) mass is 400 g/mol. The molecule has 2 aliphatic heterocycles. The molecule has 130 valence electrons. The lowest BCUT2D eigenvalue weighted by molar-refractivity contribution is -0.122. The molecular weight excluding hydrogens is 388 g/mol. The van der Waals surface area contributed by atoms with Crippen LogP contribution in [-0.4, -0.2) is 22.0 Å². The van der Waals surface area contributed by atoms with Gasteiger partial charge < -0.3 is 4.98 Å². The van der Waals surface area contributed by atoms with Gasteiger partial charge in [0, 0.05) is 15.7 Å². The molecule has 0 bridgehead atoms. The van der Waals surface area contributed by atoms with E-state index in [1.54, 1.807) is 23.5 Å². The minimum absolute atomic E-state index is 0.149. The van der Waals surface area contributed by atoms with Crippen molar-refractivity contribution in [1.29, 1.82) is 0 Å². The second-order valence-corrected chi connectivity index (χ2v) is 9.26. The van der Waals surface area contributed by atoms with E-state index >= 15 is 0 Å². The number of hydrogen-bond acceptors (Lipinski definition) is 6. The number of anilines is 1. The molecule has 2 amide bonds. The first-order valence-electron chi connectivity index (χ1n) is 8.01. The standard InChI is InChI=1S/C18H12N2O3S3/c21-16-12-11(10-7-4-8-24-10)13-15(19-18(23)26-13)25-14(12)17(22)20(16)9-5-2-1-3-6-9/h1-8,11-12,14H,(H,19,23)/t11-,12?,14?/m1/s1. The lowest BCUT2D eigenvalue weighted by Crippen LogP contribution is -2.31. The van der Waals surface area contributed by atoms with E-state index in [0.29, 0.717) is 5.69 Å². The zero-order valence-corrected chi connectivity index (χ0v) is 15.7. The summed E-state index contributed by atoms with van der Waals surface area (Å²) in [4.78, 5) is 44.1. The van der Waals surface area contributed by atoms with Crippen molar-refractivity contribution in [3.63, 3.8) is 0 Å². The first-order valence-corrected chi connectivity index (χ1v) is 10.6. The van der Waals surface area contributed by atoms with Crippen LogP contribution >= 0.6 is 34.4 Å². The Morgan fingerprint density at radius 1 is 0.962 bits per heavy atom. The quantitative estimate of drug-likeness (QED) is 0.670. The molecule has 1 N–H and O–H groups in total. The molecule has 3 aromatic rings. The van der Waals surface area contributed by atoms with Crippen LogP contribution in [0, 0.1) is 5.92 Å². The summed E-state index contributed by atoms with van der Waals surface area (Å²) < 4.78 is 0. The Bertz CT molecular complexity index is 1060. The third-order valence-corrected chi connectivity index (χ3v) is 8.04. The van der Waals surface area contributed by atoms with E-state index in [2.05, 4.69) is 4.98 Å². The molecule has 1 saturated heterocycles. The summed E-state index contributed by atoms with van der Waals surface area (Å²) in [7, 11) is 0. The molecule has 2 unspecified atom stereocenters. The number of imide groups is 1. The first-order chi connectivity index (χ1) is 12.6. The minimum Gasteiger partial charge on any atom is -0.307 e. The summed E-state index contributed by atoms with van der Waals surface area (Å²) in [5.41, 5.74) is 0.597. The maximum atomic E-state index is 13.3. The number of H-pyrrole nitrogens is 1. The third kappa shape index (κ3) is 2.26. The van der Waals surface area contributed by atoms with E-state index in [0.717, 1.165) is 26.1 Å². The second kappa shape index (κ2) is 5.94. The van der Waals surface area contributed by atoms with Crippen LogP contribution in [0.1, 0.15) is 15.7 Å². The van der Waals surface area contributed by atoms with Crippen molar-refractivity contribution in [1.82, 2.24) is 4.98 Å². The minimum atomic E-state index is -0.521. The van der Waals surface area contributed by atoms with E-state index in [1.165, 1.54) is 16.7 Å². The van der Waals surface area contributed by atoms with Gasteiger partial charge in [-0.2, -0.15) is 0 Å². The number of aromatic nitrogens is 1. The van der Waals surface area contributed by atoms with Gasteiger partial charge in [-0.15, -0.1) is 11.3 Å². The second-order valence-electron chi connectivity index (χ2n) is 6.11. The molecule has 8 heteroatoms. The molecule has 1 fully saturated rings. The van der Waals surface area contributed by atoms with Gasteiger partial charge in [0.15, 0.2) is 0 Å². The molecule has 2 aromatic heterocycles. The summed E-state index contributed by atoms with van der Waals surface area (Å²) in [5.74, 6) is -1.16. The van der Waals surface area contributed by atoms with Crippen molar-refractivity contribution in [2.45, 2.75) is 16.2 Å². The number of benzene rings is 1. The fourth-order valence-corrected chi connectivity index (χ4v) is 7.09. The normalized spacial score (nSPS) is 24.6. The van der Waals surface area contributed by atoms with E-state index in [-0.39, 0.29) is 22.6 Å². The molecule has 1 aromatic carbocycles. The largest absolute Gasteiger partial charge is 0.307 e. The molecule has 5 nitrogen and oxygen atoms in total. The highest BCUT2D eigenvalue weighted by Gasteiger charge is 2.56. The Morgan fingerprint density at radius 2 is 1.77 bits per heavy atom. The molecule has 0 radical (unpaired) electrons. The Kier molecular flexibility index (Phi) is 3.66. The lowest BCUT2D eigenvalue weighted by atomic mass is 9.87. The molecule has 3 atom stereocenters. The van der Waals surface area contributed by atoms with Crippen LogP contribution in [-0.2, 0) is 9.59 Å². The van der Waals surface area contributed by atoms with Gasteiger partial charge in [-0.3, -0.25) is 14.4 Å². The summed E-state index contributed by atoms with van der Waals surface area (Å²) in [5, 5.41) is 2.15. The number of fused-ring (bicyclic) bond motifs is 2. The van der Waals surface area contributed by atoms with Gasteiger partial charge >= 0.3 is 4.87 Å². The van der Waals surface area contributed by atoms with Crippen LogP contribution < -0.4 is 9.77 Å². The van der Waals surface area contributed by atoms with Gasteiger partial charge in [0.1, 0.15) is 5.25 Å². The van der Waals surface area contributed by atoms with Gasteiger partial charge in [-0.05, 0) is 23.6 Å². The predicted molar refractivity (Wildman–Crippen MR) is 103 cm³/mol. The van der Waals surface area contributed by atoms with E-state index in [4.69, 9.17) is 0 Å². The smallest absolute Gasteiger partial charge is 0.305 e. The van der Waals surface area contributed by atoms with Crippen LogP contribution in [0.25, 0.3) is 0 Å². The Hall–Kier alpha value is -2.16. The average molecular weight is 401 g/mol. The van der Waals surface area contributed by atoms with Gasteiger partial charge in [-0.1, -0.05) is 47.4 Å². The number of thioether (sulfide) groups is 1. The number of para-hydroxylation sites is 1. The number of amides is 2. The average Bonchev–Trinajstić information content (AvgIpc) is 3.34. The highest BCUT2D eigenvalue weighted by molar-refractivity contribution is 8.00. The number of thiophene rings is 1. The summed E-state index contributed by atoms with van der Waals surface area (Å²) >= 11 is 4.00. The SMILES string of the molecule is O=C1C2Sc3[nH]c(=O)sc3[C@H](c3cccs3)C2C(=O)N1c1ccccc1. The van der Waals surface area contributed by atoms with Gasteiger partial charge in [0.05, 0.1) is 16.6 Å². The molecule has 2 aliphatic rings. The maximum absolute atomic E-state index is 13.3. The van der Waals surface area contributed by atoms with Crippen molar-refractivity contribution < 1.29 is 9.59 Å². The molecule has 0 saturated carbocycles. The van der Waals surface area contributed by atoms with Crippen LogP contribution in [0.3, 0.4) is 0 Å². The predicted octanol–water partition coefficient (Wildman–Crippen LogP) is 3.29. The van der Waals surface area contributed by atoms with Gasteiger partial charge in [0.25, 0.3) is 0 Å². The number of nitrogens with one attached hydrogen (secondary N) is 1. The molecule has 0 aliphatic carbocycles. The number of aromatic amines is 1. The van der Waals surface area contributed by atoms with Gasteiger partial charge in [0.2, 0.25) is 11.8 Å². The molecule has 5 rings (SSSR count). The zero-order valence-electron chi connectivity index (χ0n) is 13.2. The highest BCUT2D eigenvalue weighted by atomic mass is 32.2. The van der Waals surface area contributed by atoms with E-state index in [1.807, 2.05) is 35.7 Å². The van der Waals surface area contributed by atoms with Crippen molar-refractivity contribution in [3.8, 4) is 0 Å².